The lowest BCUT2D eigenvalue weighted by Gasteiger charge is -2.33. The molecule has 1 amide bonds. The van der Waals surface area contributed by atoms with E-state index in [9.17, 15) is 9.90 Å². The average molecular weight is 271 g/mol. The Balaban J connectivity index is 2.98. The van der Waals surface area contributed by atoms with Gasteiger partial charge in [-0.1, -0.05) is 25.4 Å². The summed E-state index contributed by atoms with van der Waals surface area (Å²) in [5.74, 6) is -0.301. The van der Waals surface area contributed by atoms with Crippen LogP contribution in [0.5, 0.6) is 5.75 Å². The van der Waals surface area contributed by atoms with Crippen LogP contribution in [0.15, 0.2) is 18.2 Å². The second-order valence-electron chi connectivity index (χ2n) is 4.89. The maximum Gasteiger partial charge on any atom is 0.255 e. The smallest absolute Gasteiger partial charge is 0.255 e. The SMILES string of the molecule is CC(C)C(C)(CN)NC(=O)c1cc(Cl)ccc1O. The first-order valence-electron chi connectivity index (χ1n) is 5.81. The molecule has 0 aliphatic heterocycles. The molecule has 0 heterocycles. The first-order chi connectivity index (χ1) is 8.30. The summed E-state index contributed by atoms with van der Waals surface area (Å²) in [5, 5.41) is 12.9. The summed E-state index contributed by atoms with van der Waals surface area (Å²) in [6, 6.07) is 4.36. The molecule has 0 aliphatic carbocycles. The van der Waals surface area contributed by atoms with Gasteiger partial charge in [0.25, 0.3) is 5.91 Å². The van der Waals surface area contributed by atoms with Crippen molar-refractivity contribution in [1.82, 2.24) is 5.32 Å². The topological polar surface area (TPSA) is 75.3 Å². The molecular weight excluding hydrogens is 252 g/mol. The van der Waals surface area contributed by atoms with Crippen LogP contribution in [0.25, 0.3) is 0 Å². The Kier molecular flexibility index (Phi) is 4.59. The van der Waals surface area contributed by atoms with E-state index >= 15 is 0 Å². The largest absolute Gasteiger partial charge is 0.507 e. The third kappa shape index (κ3) is 3.15. The number of nitrogens with two attached hydrogens (primary N) is 1. The molecule has 4 N–H and O–H groups in total. The fraction of sp³-hybridized carbons (Fsp3) is 0.462. The molecule has 0 aliphatic rings. The average Bonchev–Trinajstić information content (AvgIpc) is 2.31. The molecule has 1 aromatic carbocycles. The van der Waals surface area contributed by atoms with Crippen LogP contribution in [0.2, 0.25) is 5.02 Å². The Morgan fingerprint density at radius 3 is 2.67 bits per heavy atom. The van der Waals surface area contributed by atoms with Crippen LogP contribution in [0.3, 0.4) is 0 Å². The van der Waals surface area contributed by atoms with Crippen molar-refractivity contribution in [2.45, 2.75) is 26.3 Å². The van der Waals surface area contributed by atoms with E-state index in [0.717, 1.165) is 0 Å². The number of amides is 1. The van der Waals surface area contributed by atoms with E-state index < -0.39 is 5.54 Å². The fourth-order valence-corrected chi connectivity index (χ4v) is 1.62. The van der Waals surface area contributed by atoms with E-state index in [-0.39, 0.29) is 23.1 Å². The highest BCUT2D eigenvalue weighted by molar-refractivity contribution is 6.31. The Labute approximate surface area is 112 Å². The van der Waals surface area contributed by atoms with E-state index in [0.29, 0.717) is 11.6 Å². The van der Waals surface area contributed by atoms with Crippen molar-refractivity contribution in [3.8, 4) is 5.75 Å². The van der Waals surface area contributed by atoms with Crippen molar-refractivity contribution in [3.63, 3.8) is 0 Å². The lowest BCUT2D eigenvalue weighted by Crippen LogP contribution is -2.55. The standard InChI is InChI=1S/C13H19ClN2O2/c1-8(2)13(3,7-15)16-12(18)10-6-9(14)4-5-11(10)17/h4-6,8,17H,7,15H2,1-3H3,(H,16,18). The molecule has 1 aromatic rings. The lowest BCUT2D eigenvalue weighted by molar-refractivity contribution is 0.0880. The van der Waals surface area contributed by atoms with Crippen LogP contribution in [0, 0.1) is 5.92 Å². The van der Waals surface area contributed by atoms with Crippen molar-refractivity contribution in [2.75, 3.05) is 6.54 Å². The Morgan fingerprint density at radius 2 is 2.17 bits per heavy atom. The molecule has 0 spiro atoms. The molecule has 0 fully saturated rings. The number of carbonyl (C=O) groups excluding carboxylic acids is 1. The first kappa shape index (κ1) is 14.8. The lowest BCUT2D eigenvalue weighted by atomic mass is 9.88. The van der Waals surface area contributed by atoms with Gasteiger partial charge in [-0.05, 0) is 31.0 Å². The zero-order valence-corrected chi connectivity index (χ0v) is 11.6. The maximum absolute atomic E-state index is 12.1. The van der Waals surface area contributed by atoms with Crippen molar-refractivity contribution < 1.29 is 9.90 Å². The summed E-state index contributed by atoms with van der Waals surface area (Å²) in [6.07, 6.45) is 0. The molecule has 0 bridgehead atoms. The number of hydrogen-bond donors (Lipinski definition) is 3. The molecule has 1 atom stereocenters. The van der Waals surface area contributed by atoms with E-state index in [1.165, 1.54) is 18.2 Å². The van der Waals surface area contributed by atoms with Gasteiger partial charge in [-0.15, -0.1) is 0 Å². The second kappa shape index (κ2) is 5.59. The number of nitrogens with one attached hydrogen (secondary N) is 1. The van der Waals surface area contributed by atoms with Gasteiger partial charge in [0.15, 0.2) is 0 Å². The number of phenols is 1. The van der Waals surface area contributed by atoms with Crippen molar-refractivity contribution in [2.24, 2.45) is 11.7 Å². The molecule has 1 unspecified atom stereocenters. The fourth-order valence-electron chi connectivity index (χ4n) is 1.45. The van der Waals surface area contributed by atoms with Gasteiger partial charge in [-0.3, -0.25) is 4.79 Å². The summed E-state index contributed by atoms with van der Waals surface area (Å²) in [6.45, 7) is 6.14. The minimum absolute atomic E-state index is 0.0972. The molecule has 0 aromatic heterocycles. The molecule has 18 heavy (non-hydrogen) atoms. The summed E-state index contributed by atoms with van der Waals surface area (Å²) >= 11 is 5.81. The summed E-state index contributed by atoms with van der Waals surface area (Å²) in [5.41, 5.74) is 5.33. The van der Waals surface area contributed by atoms with Gasteiger partial charge in [0.2, 0.25) is 0 Å². The second-order valence-corrected chi connectivity index (χ2v) is 5.33. The van der Waals surface area contributed by atoms with Crippen molar-refractivity contribution in [3.05, 3.63) is 28.8 Å². The predicted molar refractivity (Wildman–Crippen MR) is 72.9 cm³/mol. The van der Waals surface area contributed by atoms with Gasteiger partial charge < -0.3 is 16.2 Å². The summed E-state index contributed by atoms with van der Waals surface area (Å²) in [7, 11) is 0. The van der Waals surface area contributed by atoms with Gasteiger partial charge in [-0.2, -0.15) is 0 Å². The monoisotopic (exact) mass is 270 g/mol. The van der Waals surface area contributed by atoms with Gasteiger partial charge >= 0.3 is 0 Å². The number of rotatable bonds is 4. The highest BCUT2D eigenvalue weighted by Crippen LogP contribution is 2.23. The van der Waals surface area contributed by atoms with Gasteiger partial charge in [-0.25, -0.2) is 0 Å². The molecule has 0 radical (unpaired) electrons. The quantitative estimate of drug-likeness (QED) is 0.785. The first-order valence-corrected chi connectivity index (χ1v) is 6.19. The minimum Gasteiger partial charge on any atom is -0.507 e. The highest BCUT2D eigenvalue weighted by atomic mass is 35.5. The van der Waals surface area contributed by atoms with Gasteiger partial charge in [0.05, 0.1) is 11.1 Å². The van der Waals surface area contributed by atoms with Crippen molar-refractivity contribution in [1.29, 1.82) is 0 Å². The summed E-state index contributed by atoms with van der Waals surface area (Å²) < 4.78 is 0. The maximum atomic E-state index is 12.1. The van der Waals surface area contributed by atoms with E-state index in [1.54, 1.807) is 0 Å². The van der Waals surface area contributed by atoms with Crippen LogP contribution < -0.4 is 11.1 Å². The van der Waals surface area contributed by atoms with E-state index in [1.807, 2.05) is 20.8 Å². The third-order valence-corrected chi connectivity index (χ3v) is 3.54. The number of halogens is 1. The van der Waals surface area contributed by atoms with Gasteiger partial charge in [0.1, 0.15) is 5.75 Å². The highest BCUT2D eigenvalue weighted by Gasteiger charge is 2.29. The third-order valence-electron chi connectivity index (χ3n) is 3.30. The molecule has 5 heteroatoms. The molecule has 4 nitrogen and oxygen atoms in total. The van der Waals surface area contributed by atoms with Crippen LogP contribution in [-0.4, -0.2) is 23.1 Å². The number of hydrogen-bond acceptors (Lipinski definition) is 3. The molecule has 1 rings (SSSR count). The zero-order chi connectivity index (χ0) is 13.9. The number of benzene rings is 1. The van der Waals surface area contributed by atoms with Crippen LogP contribution in [-0.2, 0) is 0 Å². The number of carbonyl (C=O) groups is 1. The van der Waals surface area contributed by atoms with Gasteiger partial charge in [0, 0.05) is 11.6 Å². The van der Waals surface area contributed by atoms with Crippen molar-refractivity contribution >= 4 is 17.5 Å². The Morgan fingerprint density at radius 1 is 1.56 bits per heavy atom. The number of aromatic hydroxyl groups is 1. The Hall–Kier alpha value is -1.26. The molecular formula is C13H19ClN2O2. The predicted octanol–water partition coefficient (Wildman–Crippen LogP) is 2.15. The summed E-state index contributed by atoms with van der Waals surface area (Å²) in [4.78, 5) is 12.1. The van der Waals surface area contributed by atoms with Crippen LogP contribution >= 0.6 is 11.6 Å². The molecule has 0 saturated heterocycles. The van der Waals surface area contributed by atoms with E-state index in [2.05, 4.69) is 5.32 Å². The Bertz CT molecular complexity index is 449. The minimum atomic E-state index is -0.522. The number of phenolic OH excluding ortho intramolecular Hbond substituents is 1. The zero-order valence-electron chi connectivity index (χ0n) is 10.8. The van der Waals surface area contributed by atoms with Crippen LogP contribution in [0.4, 0.5) is 0 Å². The molecule has 100 valence electrons. The normalized spacial score (nSPS) is 14.3. The molecule has 0 saturated carbocycles. The van der Waals surface area contributed by atoms with E-state index in [4.69, 9.17) is 17.3 Å². The van der Waals surface area contributed by atoms with Crippen LogP contribution in [0.1, 0.15) is 31.1 Å².